The van der Waals surface area contributed by atoms with Crippen molar-refractivity contribution in [1.29, 1.82) is 0 Å². The van der Waals surface area contributed by atoms with Crippen LogP contribution in [0.5, 0.6) is 0 Å². The van der Waals surface area contributed by atoms with Crippen molar-refractivity contribution in [2.24, 2.45) is 0 Å². The van der Waals surface area contributed by atoms with Gasteiger partial charge in [0, 0.05) is 12.8 Å². The molecule has 0 aromatic heterocycles. The monoisotopic (exact) mass is 293 g/mol. The molecule has 0 unspecified atom stereocenters. The first kappa shape index (κ1) is 16.7. The van der Waals surface area contributed by atoms with Crippen LogP contribution in [0.15, 0.2) is 24.3 Å². The van der Waals surface area contributed by atoms with E-state index in [0.29, 0.717) is 6.42 Å². The standard InChI is InChI=1S/C15H19NO5/c1-10-4-2-3-5-11(10)6-8-13(17)16-12(15(20)21)7-9-14(18)19/h2-5,12H,6-9H2,1H3,(H,16,17)(H,18,19)(H,20,21)/t12-/m0/s1. The number of hydrogen-bond donors (Lipinski definition) is 3. The van der Waals surface area contributed by atoms with E-state index in [-0.39, 0.29) is 19.3 Å². The highest BCUT2D eigenvalue weighted by Gasteiger charge is 2.20. The lowest BCUT2D eigenvalue weighted by molar-refractivity contribution is -0.143. The summed E-state index contributed by atoms with van der Waals surface area (Å²) in [5.74, 6) is -2.70. The minimum absolute atomic E-state index is 0.124. The molecule has 6 heteroatoms. The van der Waals surface area contributed by atoms with E-state index in [2.05, 4.69) is 5.32 Å². The minimum atomic E-state index is -1.22. The fraction of sp³-hybridized carbons (Fsp3) is 0.400. The van der Waals surface area contributed by atoms with Crippen LogP contribution in [0.3, 0.4) is 0 Å². The second-order valence-electron chi connectivity index (χ2n) is 4.82. The highest BCUT2D eigenvalue weighted by atomic mass is 16.4. The van der Waals surface area contributed by atoms with Crippen LogP contribution in [0.4, 0.5) is 0 Å². The molecule has 6 nitrogen and oxygen atoms in total. The third kappa shape index (κ3) is 6.07. The predicted octanol–water partition coefficient (Wildman–Crippen LogP) is 1.36. The maximum absolute atomic E-state index is 11.8. The van der Waals surface area contributed by atoms with Crippen LogP contribution in [-0.4, -0.2) is 34.1 Å². The maximum atomic E-state index is 11.8. The molecular formula is C15H19NO5. The van der Waals surface area contributed by atoms with Crippen LogP contribution in [0.2, 0.25) is 0 Å². The molecule has 0 aliphatic heterocycles. The summed E-state index contributed by atoms with van der Waals surface area (Å²) in [7, 11) is 0. The predicted molar refractivity (Wildman–Crippen MR) is 75.9 cm³/mol. The smallest absolute Gasteiger partial charge is 0.326 e. The van der Waals surface area contributed by atoms with Gasteiger partial charge in [-0.25, -0.2) is 4.79 Å². The SMILES string of the molecule is Cc1ccccc1CCC(=O)N[C@@H](CCC(=O)O)C(=O)O. The van der Waals surface area contributed by atoms with Crippen molar-refractivity contribution >= 4 is 17.8 Å². The summed E-state index contributed by atoms with van der Waals surface area (Å²) in [6, 6.07) is 6.49. The third-order valence-corrected chi connectivity index (χ3v) is 3.16. The van der Waals surface area contributed by atoms with E-state index in [1.807, 2.05) is 31.2 Å². The zero-order valence-electron chi connectivity index (χ0n) is 11.8. The van der Waals surface area contributed by atoms with Crippen molar-refractivity contribution < 1.29 is 24.6 Å². The number of benzene rings is 1. The number of hydrogen-bond acceptors (Lipinski definition) is 3. The molecule has 0 saturated carbocycles. The number of carbonyl (C=O) groups excluding carboxylic acids is 1. The van der Waals surface area contributed by atoms with Gasteiger partial charge < -0.3 is 15.5 Å². The van der Waals surface area contributed by atoms with Gasteiger partial charge in [-0.3, -0.25) is 9.59 Å². The van der Waals surface area contributed by atoms with Gasteiger partial charge in [0.1, 0.15) is 6.04 Å². The zero-order chi connectivity index (χ0) is 15.8. The van der Waals surface area contributed by atoms with Gasteiger partial charge in [0.15, 0.2) is 0 Å². The Bertz CT molecular complexity index is 527. The number of aryl methyl sites for hydroxylation is 2. The molecule has 0 bridgehead atoms. The molecule has 0 aliphatic rings. The average Bonchev–Trinajstić information content (AvgIpc) is 2.42. The molecular weight excluding hydrogens is 274 g/mol. The topological polar surface area (TPSA) is 104 Å². The molecule has 1 aromatic carbocycles. The van der Waals surface area contributed by atoms with E-state index < -0.39 is 23.9 Å². The summed E-state index contributed by atoms with van der Waals surface area (Å²) >= 11 is 0. The molecule has 1 atom stereocenters. The molecule has 0 heterocycles. The summed E-state index contributed by atoms with van der Waals surface area (Å²) in [5, 5.41) is 19.9. The van der Waals surface area contributed by atoms with E-state index in [1.54, 1.807) is 0 Å². The van der Waals surface area contributed by atoms with Crippen molar-refractivity contribution in [3.63, 3.8) is 0 Å². The largest absolute Gasteiger partial charge is 0.481 e. The highest BCUT2D eigenvalue weighted by Crippen LogP contribution is 2.09. The fourth-order valence-electron chi connectivity index (χ4n) is 1.93. The lowest BCUT2D eigenvalue weighted by Gasteiger charge is -2.13. The first-order valence-electron chi connectivity index (χ1n) is 6.68. The van der Waals surface area contributed by atoms with Gasteiger partial charge in [-0.05, 0) is 30.9 Å². The number of nitrogens with one attached hydrogen (secondary N) is 1. The Morgan fingerprint density at radius 2 is 1.81 bits per heavy atom. The summed E-state index contributed by atoms with van der Waals surface area (Å²) in [6.07, 6.45) is 0.265. The van der Waals surface area contributed by atoms with Gasteiger partial charge in [-0.2, -0.15) is 0 Å². The highest BCUT2D eigenvalue weighted by molar-refractivity contribution is 5.84. The van der Waals surface area contributed by atoms with Crippen LogP contribution in [0.25, 0.3) is 0 Å². The van der Waals surface area contributed by atoms with Gasteiger partial charge in [0.2, 0.25) is 5.91 Å². The number of carbonyl (C=O) groups is 3. The number of aliphatic carboxylic acids is 2. The summed E-state index contributed by atoms with van der Waals surface area (Å²) in [6.45, 7) is 1.94. The number of amides is 1. The maximum Gasteiger partial charge on any atom is 0.326 e. The van der Waals surface area contributed by atoms with Crippen LogP contribution in [0.1, 0.15) is 30.4 Å². The minimum Gasteiger partial charge on any atom is -0.481 e. The summed E-state index contributed by atoms with van der Waals surface area (Å²) in [5.41, 5.74) is 2.11. The molecule has 1 rings (SSSR count). The van der Waals surface area contributed by atoms with E-state index >= 15 is 0 Å². The quantitative estimate of drug-likeness (QED) is 0.671. The first-order chi connectivity index (χ1) is 9.90. The molecule has 1 aromatic rings. The van der Waals surface area contributed by atoms with E-state index in [9.17, 15) is 14.4 Å². The average molecular weight is 293 g/mol. The second kappa shape index (κ2) is 8.04. The molecule has 114 valence electrons. The first-order valence-corrected chi connectivity index (χ1v) is 6.68. The number of rotatable bonds is 8. The molecule has 21 heavy (non-hydrogen) atoms. The van der Waals surface area contributed by atoms with Gasteiger partial charge in [0.05, 0.1) is 0 Å². The van der Waals surface area contributed by atoms with Gasteiger partial charge in [0.25, 0.3) is 0 Å². The van der Waals surface area contributed by atoms with E-state index in [1.165, 1.54) is 0 Å². The van der Waals surface area contributed by atoms with Crippen LogP contribution in [0, 0.1) is 6.92 Å². The Balaban J connectivity index is 2.49. The van der Waals surface area contributed by atoms with Crippen molar-refractivity contribution in [2.75, 3.05) is 0 Å². The van der Waals surface area contributed by atoms with Crippen molar-refractivity contribution in [3.05, 3.63) is 35.4 Å². The molecule has 1 amide bonds. The zero-order valence-corrected chi connectivity index (χ0v) is 11.8. The Labute approximate surface area is 122 Å². The van der Waals surface area contributed by atoms with E-state index in [0.717, 1.165) is 11.1 Å². The molecule has 0 saturated heterocycles. The van der Waals surface area contributed by atoms with Crippen molar-refractivity contribution in [2.45, 2.75) is 38.6 Å². The van der Waals surface area contributed by atoms with Gasteiger partial charge >= 0.3 is 11.9 Å². The number of carboxylic acids is 2. The summed E-state index contributed by atoms with van der Waals surface area (Å²) in [4.78, 5) is 33.2. The Morgan fingerprint density at radius 3 is 2.38 bits per heavy atom. The van der Waals surface area contributed by atoms with Gasteiger partial charge in [-0.15, -0.1) is 0 Å². The lowest BCUT2D eigenvalue weighted by Crippen LogP contribution is -2.41. The fourth-order valence-corrected chi connectivity index (χ4v) is 1.93. The molecule has 0 fully saturated rings. The molecule has 0 aliphatic carbocycles. The van der Waals surface area contributed by atoms with Crippen LogP contribution < -0.4 is 5.32 Å². The molecule has 0 spiro atoms. The Morgan fingerprint density at radius 1 is 1.14 bits per heavy atom. The van der Waals surface area contributed by atoms with Gasteiger partial charge in [-0.1, -0.05) is 24.3 Å². The second-order valence-corrected chi connectivity index (χ2v) is 4.82. The van der Waals surface area contributed by atoms with Crippen LogP contribution in [-0.2, 0) is 20.8 Å². The Kier molecular flexibility index (Phi) is 6.39. The lowest BCUT2D eigenvalue weighted by atomic mass is 10.0. The summed E-state index contributed by atoms with van der Waals surface area (Å²) < 4.78 is 0. The van der Waals surface area contributed by atoms with E-state index in [4.69, 9.17) is 10.2 Å². The van der Waals surface area contributed by atoms with Crippen molar-refractivity contribution in [1.82, 2.24) is 5.32 Å². The number of carboxylic acid groups (broad SMARTS) is 2. The van der Waals surface area contributed by atoms with Crippen molar-refractivity contribution in [3.8, 4) is 0 Å². The van der Waals surface area contributed by atoms with Crippen LogP contribution >= 0.6 is 0 Å². The Hall–Kier alpha value is -2.37. The molecule has 0 radical (unpaired) electrons. The third-order valence-electron chi connectivity index (χ3n) is 3.16. The molecule has 3 N–H and O–H groups in total. The normalized spacial score (nSPS) is 11.7.